The van der Waals surface area contributed by atoms with Gasteiger partial charge < -0.3 is 0 Å². The lowest BCUT2D eigenvalue weighted by atomic mass is 10.0. The molecule has 0 amide bonds. The third-order valence-electron chi connectivity index (χ3n) is 1.83. The molecule has 0 bridgehead atoms. The lowest BCUT2D eigenvalue weighted by molar-refractivity contribution is 0.574. The second kappa shape index (κ2) is 4.19. The van der Waals surface area contributed by atoms with Crippen LogP contribution in [0, 0.1) is 5.92 Å². The van der Waals surface area contributed by atoms with Gasteiger partial charge in [-0.2, -0.15) is 0 Å². The first-order valence-corrected chi connectivity index (χ1v) is 4.15. The van der Waals surface area contributed by atoms with E-state index in [0.29, 0.717) is 0 Å². The second-order valence-corrected chi connectivity index (χ2v) is 2.87. The largest absolute Gasteiger partial charge is 0.204 e. The molecule has 0 radical (unpaired) electrons. The number of rotatable bonds is 2. The van der Waals surface area contributed by atoms with Gasteiger partial charge in [-0.3, -0.25) is 0 Å². The summed E-state index contributed by atoms with van der Waals surface area (Å²) in [7, 11) is 0. The molecular weight excluding hydrogens is 158 g/mol. The Morgan fingerprint density at radius 2 is 1.67 bits per heavy atom. The summed E-state index contributed by atoms with van der Waals surface area (Å²) in [5, 5.41) is 0. The predicted octanol–water partition coefficient (Wildman–Crippen LogP) is 3.68. The van der Waals surface area contributed by atoms with Crippen molar-refractivity contribution in [3.63, 3.8) is 0 Å². The number of hydrogen-bond acceptors (Lipinski definition) is 0. The van der Waals surface area contributed by atoms with E-state index in [1.54, 1.807) is 12.2 Å². The summed E-state index contributed by atoms with van der Waals surface area (Å²) in [5.74, 6) is -1.37. The third-order valence-corrected chi connectivity index (χ3v) is 1.83. The molecule has 0 unspecified atom stereocenters. The topological polar surface area (TPSA) is 0 Å². The van der Waals surface area contributed by atoms with Crippen LogP contribution in [0.3, 0.4) is 0 Å². The first kappa shape index (κ1) is 9.17. The van der Waals surface area contributed by atoms with E-state index in [4.69, 9.17) is 0 Å². The Morgan fingerprint density at radius 1 is 1.17 bits per heavy atom. The molecule has 2 heteroatoms. The molecule has 1 aliphatic carbocycles. The third kappa shape index (κ3) is 2.29. The molecule has 0 heterocycles. The quantitative estimate of drug-likeness (QED) is 0.593. The highest BCUT2D eigenvalue weighted by Gasteiger charge is 2.06. The van der Waals surface area contributed by atoms with Crippen LogP contribution >= 0.6 is 0 Å². The maximum atomic E-state index is 12.6. The van der Waals surface area contributed by atoms with Gasteiger partial charge in [-0.05, 0) is 24.5 Å². The van der Waals surface area contributed by atoms with Crippen molar-refractivity contribution in [1.82, 2.24) is 0 Å². The fourth-order valence-corrected chi connectivity index (χ4v) is 1.17. The minimum Gasteiger partial charge on any atom is -0.204 e. The zero-order chi connectivity index (χ0) is 8.97. The van der Waals surface area contributed by atoms with Gasteiger partial charge in [-0.1, -0.05) is 25.5 Å². The van der Waals surface area contributed by atoms with Crippen molar-refractivity contribution in [2.75, 3.05) is 0 Å². The lowest BCUT2D eigenvalue weighted by Crippen LogP contribution is -1.88. The van der Waals surface area contributed by atoms with E-state index >= 15 is 0 Å². The predicted molar refractivity (Wildman–Crippen MR) is 45.9 cm³/mol. The molecule has 12 heavy (non-hydrogen) atoms. The van der Waals surface area contributed by atoms with Gasteiger partial charge in [0.15, 0.2) is 11.7 Å². The standard InChI is InChI=1S/C10H12F2/c1-2-3-8-4-6-9(11)10(12)7-5-8/h4-8H,2-3H2,1H3. The molecule has 0 saturated heterocycles. The van der Waals surface area contributed by atoms with Crippen LogP contribution in [0.2, 0.25) is 0 Å². The van der Waals surface area contributed by atoms with Crippen molar-refractivity contribution in [3.05, 3.63) is 36.0 Å². The van der Waals surface area contributed by atoms with Crippen LogP contribution in [0.4, 0.5) is 8.78 Å². The summed E-state index contributed by atoms with van der Waals surface area (Å²) in [6, 6.07) is 0. The molecule has 0 aromatic carbocycles. The van der Waals surface area contributed by atoms with Crippen molar-refractivity contribution >= 4 is 0 Å². The van der Waals surface area contributed by atoms with Crippen LogP contribution in [0.15, 0.2) is 36.0 Å². The fraction of sp³-hybridized carbons (Fsp3) is 0.400. The first-order valence-electron chi connectivity index (χ1n) is 4.15. The van der Waals surface area contributed by atoms with Crippen LogP contribution in [0.5, 0.6) is 0 Å². The maximum absolute atomic E-state index is 12.6. The maximum Gasteiger partial charge on any atom is 0.158 e. The van der Waals surface area contributed by atoms with E-state index < -0.39 is 11.7 Å². The Labute approximate surface area is 71.3 Å². The van der Waals surface area contributed by atoms with Gasteiger partial charge in [-0.25, -0.2) is 8.78 Å². The normalized spacial score (nSPS) is 18.6. The van der Waals surface area contributed by atoms with Crippen molar-refractivity contribution < 1.29 is 8.78 Å². The van der Waals surface area contributed by atoms with E-state index in [1.165, 1.54) is 12.2 Å². The zero-order valence-corrected chi connectivity index (χ0v) is 7.06. The van der Waals surface area contributed by atoms with E-state index in [2.05, 4.69) is 0 Å². The van der Waals surface area contributed by atoms with E-state index in [0.717, 1.165) is 12.8 Å². The van der Waals surface area contributed by atoms with Gasteiger partial charge in [0.05, 0.1) is 0 Å². The molecule has 0 atom stereocenters. The van der Waals surface area contributed by atoms with Crippen molar-refractivity contribution in [2.45, 2.75) is 19.8 Å². The molecule has 0 aromatic rings. The van der Waals surface area contributed by atoms with Gasteiger partial charge >= 0.3 is 0 Å². The second-order valence-electron chi connectivity index (χ2n) is 2.87. The summed E-state index contributed by atoms with van der Waals surface area (Å²) in [5.41, 5.74) is 0. The molecule has 66 valence electrons. The number of halogens is 2. The lowest BCUT2D eigenvalue weighted by Gasteiger charge is -2.02. The molecule has 0 fully saturated rings. The Hall–Kier alpha value is -0.920. The fourth-order valence-electron chi connectivity index (χ4n) is 1.17. The van der Waals surface area contributed by atoms with E-state index in [1.807, 2.05) is 6.92 Å². The van der Waals surface area contributed by atoms with Crippen molar-refractivity contribution in [1.29, 1.82) is 0 Å². The summed E-state index contributed by atoms with van der Waals surface area (Å²) < 4.78 is 25.2. The van der Waals surface area contributed by atoms with Crippen LogP contribution in [0.25, 0.3) is 0 Å². The summed E-state index contributed by atoms with van der Waals surface area (Å²) in [6.07, 6.45) is 7.76. The summed E-state index contributed by atoms with van der Waals surface area (Å²) >= 11 is 0. The summed E-state index contributed by atoms with van der Waals surface area (Å²) in [6.45, 7) is 2.05. The highest BCUT2D eigenvalue weighted by Crippen LogP contribution is 2.20. The SMILES string of the molecule is CCCC1C=CC(F)=C(F)C=C1. The van der Waals surface area contributed by atoms with Gasteiger partial charge in [0, 0.05) is 0 Å². The first-order chi connectivity index (χ1) is 5.74. The molecule has 0 aromatic heterocycles. The van der Waals surface area contributed by atoms with Gasteiger partial charge in [-0.15, -0.1) is 0 Å². The van der Waals surface area contributed by atoms with Crippen molar-refractivity contribution in [2.24, 2.45) is 5.92 Å². The van der Waals surface area contributed by atoms with Crippen LogP contribution in [-0.2, 0) is 0 Å². The highest BCUT2D eigenvalue weighted by molar-refractivity contribution is 5.28. The zero-order valence-electron chi connectivity index (χ0n) is 7.06. The molecule has 0 N–H and O–H groups in total. The van der Waals surface area contributed by atoms with Crippen LogP contribution in [0.1, 0.15) is 19.8 Å². The van der Waals surface area contributed by atoms with Crippen LogP contribution < -0.4 is 0 Å². The number of hydrogen-bond donors (Lipinski definition) is 0. The molecule has 1 rings (SSSR count). The smallest absolute Gasteiger partial charge is 0.158 e. The molecule has 1 aliphatic rings. The minimum absolute atomic E-state index is 0.175. The van der Waals surface area contributed by atoms with Gasteiger partial charge in [0.25, 0.3) is 0 Å². The molecule has 0 spiro atoms. The van der Waals surface area contributed by atoms with Gasteiger partial charge in [0.1, 0.15) is 0 Å². The Balaban J connectivity index is 2.70. The molecule has 0 nitrogen and oxygen atoms in total. The molecular formula is C10H12F2. The molecule has 0 saturated carbocycles. The Morgan fingerprint density at radius 3 is 2.08 bits per heavy atom. The highest BCUT2D eigenvalue weighted by atomic mass is 19.2. The van der Waals surface area contributed by atoms with E-state index in [-0.39, 0.29) is 5.92 Å². The van der Waals surface area contributed by atoms with Gasteiger partial charge in [0.2, 0.25) is 0 Å². The van der Waals surface area contributed by atoms with E-state index in [9.17, 15) is 8.78 Å². The molecule has 0 aliphatic heterocycles. The number of allylic oxidation sites excluding steroid dienone is 6. The van der Waals surface area contributed by atoms with Crippen LogP contribution in [-0.4, -0.2) is 0 Å². The summed E-state index contributed by atoms with van der Waals surface area (Å²) in [4.78, 5) is 0. The van der Waals surface area contributed by atoms with Crippen molar-refractivity contribution in [3.8, 4) is 0 Å². The average Bonchev–Trinajstić information content (AvgIpc) is 2.20. The Bertz CT molecular complexity index is 214. The monoisotopic (exact) mass is 170 g/mol. The minimum atomic E-state index is -0.773. The average molecular weight is 170 g/mol. The Kier molecular flexibility index (Phi) is 3.20.